The van der Waals surface area contributed by atoms with Gasteiger partial charge in [0.1, 0.15) is 17.2 Å². The predicted molar refractivity (Wildman–Crippen MR) is 93.4 cm³/mol. The number of carbonyl (C=O) groups is 1. The summed E-state index contributed by atoms with van der Waals surface area (Å²) in [6.07, 6.45) is 1.62. The summed E-state index contributed by atoms with van der Waals surface area (Å²) >= 11 is 7.52. The highest BCUT2D eigenvalue weighted by Crippen LogP contribution is 2.27. The Morgan fingerprint density at radius 3 is 3.17 bits per heavy atom. The van der Waals surface area contributed by atoms with Crippen molar-refractivity contribution in [1.82, 2.24) is 20.2 Å². The molecule has 128 valence electrons. The fourth-order valence-corrected chi connectivity index (χ4v) is 4.09. The number of thiophene rings is 1. The molecule has 1 amide bonds. The molecule has 3 heterocycles. The monoisotopic (exact) mass is 366 g/mol. The van der Waals surface area contributed by atoms with Crippen LogP contribution >= 0.6 is 22.9 Å². The number of aliphatic hydroxyl groups excluding tert-OH is 1. The lowest BCUT2D eigenvalue weighted by atomic mass is 10.0. The minimum atomic E-state index is -0.631. The maximum absolute atomic E-state index is 12.0. The third-order valence-corrected chi connectivity index (χ3v) is 5.41. The van der Waals surface area contributed by atoms with Gasteiger partial charge in [-0.3, -0.25) is 9.69 Å². The lowest BCUT2D eigenvalue weighted by molar-refractivity contribution is 0.0840. The highest BCUT2D eigenvalue weighted by Gasteiger charge is 2.21. The Bertz CT molecular complexity index is 737. The zero-order chi connectivity index (χ0) is 17.1. The van der Waals surface area contributed by atoms with Crippen LogP contribution in [0.4, 0.5) is 0 Å². The van der Waals surface area contributed by atoms with Gasteiger partial charge in [-0.2, -0.15) is 0 Å². The number of hydrogen-bond donors (Lipinski definition) is 2. The number of nitrogens with one attached hydrogen (secondary N) is 1. The number of nitrogens with zero attached hydrogens (tertiary/aromatic N) is 3. The second kappa shape index (κ2) is 7.57. The van der Waals surface area contributed by atoms with Gasteiger partial charge in [-0.25, -0.2) is 9.97 Å². The van der Waals surface area contributed by atoms with Gasteiger partial charge in [-0.15, -0.1) is 11.3 Å². The maximum Gasteiger partial charge on any atom is 0.270 e. The predicted octanol–water partition coefficient (Wildman–Crippen LogP) is 1.65. The molecule has 0 fully saturated rings. The number of carbonyl (C=O) groups excluding carboxylic acids is 1. The van der Waals surface area contributed by atoms with Crippen LogP contribution in [0.3, 0.4) is 0 Å². The number of aromatic nitrogens is 2. The van der Waals surface area contributed by atoms with Gasteiger partial charge in [0.25, 0.3) is 5.91 Å². The van der Waals surface area contributed by atoms with Crippen molar-refractivity contribution >= 4 is 28.8 Å². The molecule has 0 radical (unpaired) electrons. The normalized spacial score (nSPS) is 15.8. The zero-order valence-corrected chi connectivity index (χ0v) is 14.9. The summed E-state index contributed by atoms with van der Waals surface area (Å²) in [6, 6.07) is 1.40. The summed E-state index contributed by atoms with van der Waals surface area (Å²) < 4.78 is 0. The van der Waals surface area contributed by atoms with Crippen LogP contribution in [0.1, 0.15) is 26.5 Å². The zero-order valence-electron chi connectivity index (χ0n) is 13.3. The molecule has 1 aliphatic heterocycles. The van der Waals surface area contributed by atoms with E-state index < -0.39 is 6.10 Å². The van der Waals surface area contributed by atoms with Gasteiger partial charge in [-0.05, 0) is 29.9 Å². The summed E-state index contributed by atoms with van der Waals surface area (Å²) in [6.45, 7) is 4.64. The molecular weight excluding hydrogens is 348 g/mol. The smallest absolute Gasteiger partial charge is 0.270 e. The molecule has 0 bridgehead atoms. The molecule has 2 aromatic rings. The van der Waals surface area contributed by atoms with Crippen molar-refractivity contribution in [3.8, 4) is 0 Å². The van der Waals surface area contributed by atoms with Gasteiger partial charge in [0.2, 0.25) is 0 Å². The first-order valence-corrected chi connectivity index (χ1v) is 9.00. The SMILES string of the molecule is Cc1csc2c1CCN(C[C@@H](O)CNC(=O)c1cc(Cl)ncn1)C2. The molecular formula is C16H19ClN4O2S. The third kappa shape index (κ3) is 4.10. The number of rotatable bonds is 5. The van der Waals surface area contributed by atoms with Crippen LogP contribution in [0.25, 0.3) is 0 Å². The van der Waals surface area contributed by atoms with Crippen molar-refractivity contribution in [2.45, 2.75) is 26.0 Å². The number of β-amino-alcohol motifs (C(OH)–C–C–N with tert-alkyl or cyclic N) is 1. The number of hydrogen-bond acceptors (Lipinski definition) is 6. The Labute approximate surface area is 149 Å². The second-order valence-corrected chi connectivity index (χ2v) is 7.25. The summed E-state index contributed by atoms with van der Waals surface area (Å²) in [5.74, 6) is -0.367. The van der Waals surface area contributed by atoms with Crippen molar-refractivity contribution in [3.05, 3.63) is 44.6 Å². The van der Waals surface area contributed by atoms with Crippen molar-refractivity contribution < 1.29 is 9.90 Å². The van der Waals surface area contributed by atoms with E-state index >= 15 is 0 Å². The van der Waals surface area contributed by atoms with Gasteiger partial charge < -0.3 is 10.4 Å². The van der Waals surface area contributed by atoms with E-state index in [9.17, 15) is 9.90 Å². The molecule has 1 atom stereocenters. The first kappa shape index (κ1) is 17.3. The molecule has 0 spiro atoms. The molecule has 2 N–H and O–H groups in total. The largest absolute Gasteiger partial charge is 0.390 e. The van der Waals surface area contributed by atoms with Gasteiger partial charge in [0, 0.05) is 37.1 Å². The lowest BCUT2D eigenvalue weighted by Crippen LogP contribution is -2.42. The molecule has 0 saturated carbocycles. The fourth-order valence-electron chi connectivity index (χ4n) is 2.82. The minimum Gasteiger partial charge on any atom is -0.390 e. The Kier molecular flexibility index (Phi) is 5.45. The molecule has 6 nitrogen and oxygen atoms in total. The van der Waals surface area contributed by atoms with E-state index in [4.69, 9.17) is 11.6 Å². The quantitative estimate of drug-likeness (QED) is 0.787. The molecule has 0 saturated heterocycles. The molecule has 3 rings (SSSR count). The molecule has 0 aromatic carbocycles. The van der Waals surface area contributed by atoms with E-state index in [1.165, 1.54) is 28.4 Å². The van der Waals surface area contributed by atoms with Crippen LogP contribution in [0, 0.1) is 6.92 Å². The molecule has 8 heteroatoms. The number of aliphatic hydroxyl groups is 1. The Hall–Kier alpha value is -1.54. The molecule has 0 aliphatic carbocycles. The topological polar surface area (TPSA) is 78.4 Å². The standard InChI is InChI=1S/C16H19ClN4O2S/c1-10-8-24-14-7-21(3-2-12(10)14)6-11(22)5-18-16(23)13-4-15(17)20-9-19-13/h4,8-9,11,22H,2-3,5-7H2,1H3,(H,18,23)/t11-/m0/s1. The Morgan fingerprint density at radius 2 is 2.38 bits per heavy atom. The van der Waals surface area contributed by atoms with Gasteiger partial charge in [-0.1, -0.05) is 11.6 Å². The Balaban J connectivity index is 1.48. The molecule has 1 aliphatic rings. The van der Waals surface area contributed by atoms with Crippen molar-refractivity contribution in [2.24, 2.45) is 0 Å². The summed E-state index contributed by atoms with van der Waals surface area (Å²) in [5, 5.41) is 15.3. The summed E-state index contributed by atoms with van der Waals surface area (Å²) in [4.78, 5) is 23.2. The number of halogens is 1. The van der Waals surface area contributed by atoms with E-state index in [1.54, 1.807) is 11.3 Å². The first-order valence-electron chi connectivity index (χ1n) is 7.75. The van der Waals surface area contributed by atoms with Crippen LogP contribution in [0.2, 0.25) is 5.15 Å². The van der Waals surface area contributed by atoms with E-state index in [1.807, 2.05) is 0 Å². The van der Waals surface area contributed by atoms with Crippen molar-refractivity contribution in [2.75, 3.05) is 19.6 Å². The van der Waals surface area contributed by atoms with E-state index in [0.717, 1.165) is 19.5 Å². The summed E-state index contributed by atoms with van der Waals surface area (Å²) in [7, 11) is 0. The van der Waals surface area contributed by atoms with E-state index in [-0.39, 0.29) is 23.3 Å². The lowest BCUT2D eigenvalue weighted by Gasteiger charge is -2.29. The Morgan fingerprint density at radius 1 is 1.54 bits per heavy atom. The summed E-state index contributed by atoms with van der Waals surface area (Å²) in [5.41, 5.74) is 3.02. The number of amides is 1. The molecule has 2 aromatic heterocycles. The van der Waals surface area contributed by atoms with E-state index in [2.05, 4.69) is 32.5 Å². The van der Waals surface area contributed by atoms with Gasteiger partial charge in [0.05, 0.1) is 6.10 Å². The van der Waals surface area contributed by atoms with Crippen LogP contribution in [-0.2, 0) is 13.0 Å². The average molecular weight is 367 g/mol. The van der Waals surface area contributed by atoms with Crippen LogP contribution < -0.4 is 5.32 Å². The first-order chi connectivity index (χ1) is 11.5. The second-order valence-electron chi connectivity index (χ2n) is 5.90. The molecule has 24 heavy (non-hydrogen) atoms. The van der Waals surface area contributed by atoms with Crippen LogP contribution in [0.5, 0.6) is 0 Å². The number of aryl methyl sites for hydroxylation is 1. The van der Waals surface area contributed by atoms with Crippen LogP contribution in [-0.4, -0.2) is 51.6 Å². The van der Waals surface area contributed by atoms with Crippen molar-refractivity contribution in [3.63, 3.8) is 0 Å². The van der Waals surface area contributed by atoms with Gasteiger partial charge in [0.15, 0.2) is 0 Å². The van der Waals surface area contributed by atoms with Crippen LogP contribution in [0.15, 0.2) is 17.8 Å². The highest BCUT2D eigenvalue weighted by atomic mass is 35.5. The highest BCUT2D eigenvalue weighted by molar-refractivity contribution is 7.10. The van der Waals surface area contributed by atoms with Crippen molar-refractivity contribution in [1.29, 1.82) is 0 Å². The number of fused-ring (bicyclic) bond motifs is 1. The molecule has 0 unspecified atom stereocenters. The average Bonchev–Trinajstić information content (AvgIpc) is 2.93. The maximum atomic E-state index is 12.0. The third-order valence-electron chi connectivity index (χ3n) is 4.07. The van der Waals surface area contributed by atoms with Gasteiger partial charge >= 0.3 is 0 Å². The van der Waals surface area contributed by atoms with E-state index in [0.29, 0.717) is 6.54 Å². The fraction of sp³-hybridized carbons (Fsp3) is 0.438. The minimum absolute atomic E-state index is 0.174.